The van der Waals surface area contributed by atoms with Crippen LogP contribution in [0.15, 0.2) is 12.2 Å². The fourth-order valence-electron chi connectivity index (χ4n) is 12.6. The summed E-state index contributed by atoms with van der Waals surface area (Å²) in [7, 11) is 1.60. The standard InChI is InChI=1S/C78H157N2O6P/c1-6-8-10-12-14-16-18-20-22-24-26-28-30-32-34-36-37-38-39-40-41-42-44-46-48-50-52-54-56-58-60-62-64-66-68-70-72-78(82)79-76(75-86-87(83,84)85-74-73-80(3,4)5)77(81)71-69-67-65-63-61-59-57-55-53-51-49-47-45-43-35-33-31-29-27-25-23-21-19-17-15-13-11-9-7-2/h69,71,76-77,81H,6-68,70,72-75H2,1-5H3,(H-,79,82,83,84)/p+1/b71-69+. The van der Waals surface area contributed by atoms with Gasteiger partial charge in [0.15, 0.2) is 0 Å². The summed E-state index contributed by atoms with van der Waals surface area (Å²) in [6.45, 7) is 4.90. The van der Waals surface area contributed by atoms with E-state index >= 15 is 0 Å². The third kappa shape index (κ3) is 72.5. The molecule has 0 aromatic carbocycles. The number of nitrogens with one attached hydrogen (secondary N) is 1. The van der Waals surface area contributed by atoms with Crippen molar-refractivity contribution < 1.29 is 32.9 Å². The third-order valence-electron chi connectivity index (χ3n) is 18.8. The molecule has 3 atom stereocenters. The highest BCUT2D eigenvalue weighted by atomic mass is 31.2. The number of allylic oxidation sites excluding steroid dienone is 1. The normalized spacial score (nSPS) is 13.5. The van der Waals surface area contributed by atoms with Crippen molar-refractivity contribution in [2.75, 3.05) is 40.9 Å². The van der Waals surface area contributed by atoms with Gasteiger partial charge < -0.3 is 19.8 Å². The van der Waals surface area contributed by atoms with Crippen LogP contribution in [0.1, 0.15) is 431 Å². The van der Waals surface area contributed by atoms with Crippen LogP contribution in [0.3, 0.4) is 0 Å². The summed E-state index contributed by atoms with van der Waals surface area (Å²) in [5, 5.41) is 14.1. The van der Waals surface area contributed by atoms with Crippen molar-refractivity contribution in [3.05, 3.63) is 12.2 Å². The zero-order valence-corrected chi connectivity index (χ0v) is 60.7. The van der Waals surface area contributed by atoms with E-state index in [1.54, 1.807) is 6.08 Å². The first kappa shape index (κ1) is 86.2. The number of unbranched alkanes of at least 4 members (excludes halogenated alkanes) is 62. The number of nitrogens with zero attached hydrogens (tertiary/aromatic N) is 1. The van der Waals surface area contributed by atoms with Crippen molar-refractivity contribution in [3.63, 3.8) is 0 Å². The first-order valence-corrected chi connectivity index (χ1v) is 41.1. The van der Waals surface area contributed by atoms with Crippen LogP contribution in [0, 0.1) is 0 Å². The molecule has 0 aromatic rings. The fourth-order valence-corrected chi connectivity index (χ4v) is 13.4. The Morgan fingerprint density at radius 1 is 0.379 bits per heavy atom. The molecule has 0 bridgehead atoms. The fraction of sp³-hybridized carbons (Fsp3) is 0.962. The van der Waals surface area contributed by atoms with Crippen molar-refractivity contribution in [3.8, 4) is 0 Å². The molecule has 0 aliphatic rings. The Hall–Kier alpha value is -0.760. The van der Waals surface area contributed by atoms with Crippen LogP contribution in [0.4, 0.5) is 0 Å². The number of rotatable bonds is 75. The van der Waals surface area contributed by atoms with Crippen LogP contribution < -0.4 is 5.32 Å². The minimum atomic E-state index is -4.35. The van der Waals surface area contributed by atoms with Gasteiger partial charge >= 0.3 is 7.82 Å². The number of carbonyl (C=O) groups is 1. The number of amides is 1. The van der Waals surface area contributed by atoms with Gasteiger partial charge in [-0.15, -0.1) is 0 Å². The first-order valence-electron chi connectivity index (χ1n) is 39.6. The summed E-state index contributed by atoms with van der Waals surface area (Å²) in [4.78, 5) is 23.5. The van der Waals surface area contributed by atoms with E-state index in [2.05, 4.69) is 19.2 Å². The Morgan fingerprint density at radius 2 is 0.609 bits per heavy atom. The van der Waals surface area contributed by atoms with Crippen LogP contribution in [-0.4, -0.2) is 73.4 Å². The number of phosphoric ester groups is 1. The SMILES string of the molecule is CCCCCCCCCCCCCCCCCCCCCCCCCCCCC/C=C/C(O)C(COP(=O)(O)OCC[N+](C)(C)C)NC(=O)CCCCCCCCCCCCCCCCCCCCCCCCCCCCCCCCCCCCCC. The van der Waals surface area contributed by atoms with Crippen LogP contribution in [0.5, 0.6) is 0 Å². The summed E-state index contributed by atoms with van der Waals surface area (Å²) >= 11 is 0. The lowest BCUT2D eigenvalue weighted by Crippen LogP contribution is -2.45. The predicted octanol–water partition coefficient (Wildman–Crippen LogP) is 25.6. The minimum absolute atomic E-state index is 0.0656. The lowest BCUT2D eigenvalue weighted by Gasteiger charge is -2.25. The maximum Gasteiger partial charge on any atom is 0.472 e. The summed E-state index contributed by atoms with van der Waals surface area (Å²) in [5.74, 6) is -0.165. The van der Waals surface area contributed by atoms with Crippen LogP contribution in [0.2, 0.25) is 0 Å². The summed E-state index contributed by atoms with van der Waals surface area (Å²) in [5.41, 5.74) is 0. The zero-order valence-electron chi connectivity index (χ0n) is 59.8. The first-order chi connectivity index (χ1) is 42.5. The van der Waals surface area contributed by atoms with Crippen molar-refractivity contribution in [1.29, 1.82) is 0 Å². The Bertz CT molecular complexity index is 1420. The zero-order chi connectivity index (χ0) is 63.4. The molecular formula is C78H158N2O6P+. The smallest absolute Gasteiger partial charge is 0.387 e. The van der Waals surface area contributed by atoms with E-state index < -0.39 is 20.0 Å². The number of likely N-dealkylation sites (N-methyl/N-ethyl adjacent to an activating group) is 1. The van der Waals surface area contributed by atoms with Gasteiger partial charge in [-0.05, 0) is 19.3 Å². The van der Waals surface area contributed by atoms with Crippen molar-refractivity contribution in [2.24, 2.45) is 0 Å². The van der Waals surface area contributed by atoms with Gasteiger partial charge in [-0.3, -0.25) is 13.8 Å². The number of phosphoric acid groups is 1. The quantitative estimate of drug-likeness (QED) is 0.0243. The van der Waals surface area contributed by atoms with Gasteiger partial charge in [0.05, 0.1) is 39.9 Å². The van der Waals surface area contributed by atoms with E-state index in [4.69, 9.17) is 9.05 Å². The molecule has 9 heteroatoms. The molecule has 3 N–H and O–H groups in total. The number of aliphatic hydroxyl groups excluding tert-OH is 1. The van der Waals surface area contributed by atoms with Crippen molar-refractivity contribution in [1.82, 2.24) is 5.32 Å². The van der Waals surface area contributed by atoms with E-state index in [9.17, 15) is 19.4 Å². The third-order valence-corrected chi connectivity index (χ3v) is 19.7. The van der Waals surface area contributed by atoms with Crippen LogP contribution >= 0.6 is 7.82 Å². The molecule has 0 fully saturated rings. The lowest BCUT2D eigenvalue weighted by molar-refractivity contribution is -0.870. The van der Waals surface area contributed by atoms with Crippen LogP contribution in [-0.2, 0) is 18.4 Å². The topological polar surface area (TPSA) is 105 Å². The molecule has 0 spiro atoms. The molecule has 0 saturated carbocycles. The number of aliphatic hydroxyl groups is 1. The van der Waals surface area contributed by atoms with E-state index in [1.807, 2.05) is 27.2 Å². The minimum Gasteiger partial charge on any atom is -0.387 e. The highest BCUT2D eigenvalue weighted by molar-refractivity contribution is 7.47. The van der Waals surface area contributed by atoms with E-state index in [0.717, 1.165) is 32.1 Å². The monoisotopic (exact) mass is 1250 g/mol. The number of carbonyl (C=O) groups excluding carboxylic acids is 1. The molecule has 0 heterocycles. The molecule has 3 unspecified atom stereocenters. The Morgan fingerprint density at radius 3 is 0.851 bits per heavy atom. The van der Waals surface area contributed by atoms with E-state index in [-0.39, 0.29) is 19.1 Å². The van der Waals surface area contributed by atoms with Crippen molar-refractivity contribution in [2.45, 2.75) is 443 Å². The number of hydrogen-bond acceptors (Lipinski definition) is 5. The predicted molar refractivity (Wildman–Crippen MR) is 383 cm³/mol. The molecule has 0 aromatic heterocycles. The molecule has 1 amide bonds. The van der Waals surface area contributed by atoms with Gasteiger partial charge in [0.25, 0.3) is 0 Å². The second-order valence-electron chi connectivity index (χ2n) is 28.8. The highest BCUT2D eigenvalue weighted by Crippen LogP contribution is 2.43. The van der Waals surface area contributed by atoms with Crippen molar-refractivity contribution >= 4 is 13.7 Å². The second-order valence-corrected chi connectivity index (χ2v) is 30.3. The molecule has 8 nitrogen and oxygen atoms in total. The maximum atomic E-state index is 13.1. The average molecular weight is 1250 g/mol. The second kappa shape index (κ2) is 69.6. The van der Waals surface area contributed by atoms with Gasteiger partial charge in [-0.2, -0.15) is 0 Å². The largest absolute Gasteiger partial charge is 0.472 e. The van der Waals surface area contributed by atoms with Gasteiger partial charge in [0.1, 0.15) is 13.2 Å². The summed E-state index contributed by atoms with van der Waals surface area (Å²) in [6.07, 6.45) is 91.2. The molecule has 0 radical (unpaired) electrons. The lowest BCUT2D eigenvalue weighted by atomic mass is 10.0. The molecule has 0 saturated heterocycles. The van der Waals surface area contributed by atoms with Crippen LogP contribution in [0.25, 0.3) is 0 Å². The molecule has 0 aliphatic heterocycles. The Labute approximate surface area is 545 Å². The van der Waals surface area contributed by atoms with Gasteiger partial charge in [0, 0.05) is 6.42 Å². The summed E-state index contributed by atoms with van der Waals surface area (Å²) in [6, 6.07) is -0.845. The van der Waals surface area contributed by atoms with Gasteiger partial charge in [-0.1, -0.05) is 418 Å². The highest BCUT2D eigenvalue weighted by Gasteiger charge is 2.28. The van der Waals surface area contributed by atoms with E-state index in [0.29, 0.717) is 17.4 Å². The summed E-state index contributed by atoms with van der Waals surface area (Å²) < 4.78 is 23.9. The maximum absolute atomic E-state index is 13.1. The van der Waals surface area contributed by atoms with Gasteiger partial charge in [0.2, 0.25) is 5.91 Å². The number of hydrogen-bond donors (Lipinski definition) is 3. The molecular weight excluding hydrogens is 1090 g/mol. The number of quaternary nitrogens is 1. The molecule has 520 valence electrons. The Balaban J connectivity index is 3.93. The van der Waals surface area contributed by atoms with E-state index in [1.165, 1.54) is 379 Å². The molecule has 0 aliphatic carbocycles. The Kier molecular flexibility index (Phi) is 69.0. The van der Waals surface area contributed by atoms with Gasteiger partial charge in [-0.25, -0.2) is 4.57 Å². The molecule has 87 heavy (non-hydrogen) atoms. The average Bonchev–Trinajstić information content (AvgIpc) is 3.70. The molecule has 0 rings (SSSR count).